The lowest BCUT2D eigenvalue weighted by molar-refractivity contribution is 0.474. The number of rotatable bonds is 5. The van der Waals surface area contributed by atoms with Crippen LogP contribution >= 0.6 is 11.6 Å². The lowest BCUT2D eigenvalue weighted by Gasteiger charge is -2.29. The van der Waals surface area contributed by atoms with Crippen LogP contribution in [0.5, 0.6) is 0 Å². The van der Waals surface area contributed by atoms with Crippen molar-refractivity contribution >= 4 is 17.3 Å². The highest BCUT2D eigenvalue weighted by molar-refractivity contribution is 6.30. The normalized spacial score (nSPS) is 13.5. The molecule has 24 heavy (non-hydrogen) atoms. The van der Waals surface area contributed by atoms with Crippen LogP contribution in [0.2, 0.25) is 5.02 Å². The Morgan fingerprint density at radius 2 is 1.92 bits per heavy atom. The van der Waals surface area contributed by atoms with Gasteiger partial charge in [0.1, 0.15) is 0 Å². The van der Waals surface area contributed by atoms with Gasteiger partial charge in [-0.2, -0.15) is 4.68 Å². The molecule has 0 aliphatic rings. The highest BCUT2D eigenvalue weighted by atomic mass is 35.5. The third kappa shape index (κ3) is 3.12. The number of aromatic nitrogens is 4. The molecule has 0 aliphatic carbocycles. The first-order valence-corrected chi connectivity index (χ1v) is 8.30. The van der Waals surface area contributed by atoms with Crippen molar-refractivity contribution in [3.05, 3.63) is 64.9 Å². The van der Waals surface area contributed by atoms with Crippen LogP contribution < -0.4 is 5.32 Å². The Bertz CT molecular complexity index is 830. The molecule has 0 fully saturated rings. The molecule has 1 atom stereocenters. The van der Waals surface area contributed by atoms with Gasteiger partial charge in [-0.3, -0.25) is 0 Å². The summed E-state index contributed by atoms with van der Waals surface area (Å²) < 4.78 is 1.76. The molecule has 3 aromatic rings. The number of nitrogens with zero attached hydrogens (tertiary/aromatic N) is 4. The molecular weight excluding hydrogens is 322 g/mol. The topological polar surface area (TPSA) is 55.6 Å². The first-order chi connectivity index (χ1) is 11.5. The zero-order chi connectivity index (χ0) is 17.2. The lowest BCUT2D eigenvalue weighted by Crippen LogP contribution is -2.34. The fourth-order valence-electron chi connectivity index (χ4n) is 2.65. The smallest absolute Gasteiger partial charge is 0.181 e. The molecule has 0 saturated heterocycles. The molecule has 5 nitrogen and oxygen atoms in total. The molecule has 0 spiro atoms. The van der Waals surface area contributed by atoms with Crippen molar-refractivity contribution in [1.82, 2.24) is 20.2 Å². The molecule has 1 aromatic heterocycles. The third-order valence-electron chi connectivity index (χ3n) is 4.26. The Kier molecular flexibility index (Phi) is 4.53. The van der Waals surface area contributed by atoms with E-state index in [1.165, 1.54) is 0 Å². The summed E-state index contributed by atoms with van der Waals surface area (Å²) in [6.45, 7) is 6.23. The largest absolute Gasteiger partial charge is 0.373 e. The Hall–Kier alpha value is -2.40. The van der Waals surface area contributed by atoms with Gasteiger partial charge in [0.2, 0.25) is 0 Å². The number of halogens is 1. The molecular formula is C18H20ClN5. The predicted molar refractivity (Wildman–Crippen MR) is 96.6 cm³/mol. The van der Waals surface area contributed by atoms with Gasteiger partial charge < -0.3 is 5.32 Å². The van der Waals surface area contributed by atoms with Gasteiger partial charge in [0.05, 0.1) is 11.2 Å². The standard InChI is InChI=1S/C18H20ClN5/c1-4-18(3,20-15-8-6-5-7-9-15)17-21-22-23-24(17)16-12-14(19)11-10-13(16)2/h5-12,20H,4H2,1-3H3/t18-/m1/s1. The highest BCUT2D eigenvalue weighted by Crippen LogP contribution is 2.30. The van der Waals surface area contributed by atoms with Crippen molar-refractivity contribution in [3.8, 4) is 5.69 Å². The molecule has 1 heterocycles. The van der Waals surface area contributed by atoms with Gasteiger partial charge in [0, 0.05) is 10.7 Å². The van der Waals surface area contributed by atoms with Crippen LogP contribution in [0.25, 0.3) is 5.69 Å². The van der Waals surface area contributed by atoms with Crippen LogP contribution in [0, 0.1) is 6.92 Å². The van der Waals surface area contributed by atoms with E-state index in [-0.39, 0.29) is 0 Å². The lowest BCUT2D eigenvalue weighted by atomic mass is 9.96. The Morgan fingerprint density at radius 3 is 2.62 bits per heavy atom. The molecule has 0 saturated carbocycles. The average molecular weight is 342 g/mol. The van der Waals surface area contributed by atoms with Crippen LogP contribution in [0.15, 0.2) is 48.5 Å². The van der Waals surface area contributed by atoms with Gasteiger partial charge in [-0.1, -0.05) is 42.8 Å². The molecule has 0 radical (unpaired) electrons. The number of anilines is 1. The van der Waals surface area contributed by atoms with Gasteiger partial charge in [-0.05, 0) is 60.5 Å². The van der Waals surface area contributed by atoms with Gasteiger partial charge >= 0.3 is 0 Å². The summed E-state index contributed by atoms with van der Waals surface area (Å²) in [4.78, 5) is 0. The second-order valence-corrected chi connectivity index (χ2v) is 6.46. The number of hydrogen-bond donors (Lipinski definition) is 1. The number of nitrogens with one attached hydrogen (secondary N) is 1. The molecule has 0 unspecified atom stereocenters. The summed E-state index contributed by atoms with van der Waals surface area (Å²) in [5.74, 6) is 0.749. The van der Waals surface area contributed by atoms with E-state index in [1.807, 2.05) is 55.5 Å². The minimum atomic E-state index is -0.417. The quantitative estimate of drug-likeness (QED) is 0.749. The first-order valence-electron chi connectivity index (χ1n) is 7.92. The van der Waals surface area contributed by atoms with Crippen molar-refractivity contribution < 1.29 is 0 Å². The number of tetrazole rings is 1. The summed E-state index contributed by atoms with van der Waals surface area (Å²) in [5.41, 5.74) is 2.56. The monoisotopic (exact) mass is 341 g/mol. The van der Waals surface area contributed by atoms with Crippen LogP contribution in [0.4, 0.5) is 5.69 Å². The molecule has 0 bridgehead atoms. The van der Waals surface area contributed by atoms with Gasteiger partial charge in [0.25, 0.3) is 0 Å². The molecule has 3 rings (SSSR count). The van der Waals surface area contributed by atoms with Gasteiger partial charge in [-0.15, -0.1) is 5.10 Å². The average Bonchev–Trinajstić information content (AvgIpc) is 3.08. The minimum Gasteiger partial charge on any atom is -0.373 e. The van der Waals surface area contributed by atoms with E-state index in [0.29, 0.717) is 5.02 Å². The Labute approximate surface area is 146 Å². The van der Waals surface area contributed by atoms with Crippen molar-refractivity contribution in [2.45, 2.75) is 32.7 Å². The number of aryl methyl sites for hydroxylation is 1. The van der Waals surface area contributed by atoms with Crippen LogP contribution in [0.1, 0.15) is 31.7 Å². The van der Waals surface area contributed by atoms with Crippen molar-refractivity contribution in [2.24, 2.45) is 0 Å². The molecule has 124 valence electrons. The molecule has 2 aromatic carbocycles. The summed E-state index contributed by atoms with van der Waals surface area (Å²) in [6, 6.07) is 15.8. The van der Waals surface area contributed by atoms with E-state index in [2.05, 4.69) is 34.7 Å². The van der Waals surface area contributed by atoms with Crippen LogP contribution in [-0.2, 0) is 5.54 Å². The first kappa shape index (κ1) is 16.5. The van der Waals surface area contributed by atoms with Gasteiger partial charge in [-0.25, -0.2) is 0 Å². The molecule has 1 N–H and O–H groups in total. The number of hydrogen-bond acceptors (Lipinski definition) is 4. The summed E-state index contributed by atoms with van der Waals surface area (Å²) in [5, 5.41) is 16.6. The molecule has 6 heteroatoms. The van der Waals surface area contributed by atoms with E-state index in [0.717, 1.165) is 29.2 Å². The maximum atomic E-state index is 6.17. The van der Waals surface area contributed by atoms with Crippen LogP contribution in [-0.4, -0.2) is 20.2 Å². The van der Waals surface area contributed by atoms with E-state index < -0.39 is 5.54 Å². The molecule has 0 aliphatic heterocycles. The maximum absolute atomic E-state index is 6.17. The summed E-state index contributed by atoms with van der Waals surface area (Å²) in [7, 11) is 0. The Balaban J connectivity index is 2.05. The maximum Gasteiger partial charge on any atom is 0.181 e. The van der Waals surface area contributed by atoms with Crippen LogP contribution in [0.3, 0.4) is 0 Å². The zero-order valence-corrected chi connectivity index (χ0v) is 14.7. The third-order valence-corrected chi connectivity index (χ3v) is 4.50. The predicted octanol–water partition coefficient (Wildman–Crippen LogP) is 4.36. The van der Waals surface area contributed by atoms with Crippen molar-refractivity contribution in [2.75, 3.05) is 5.32 Å². The van der Waals surface area contributed by atoms with Gasteiger partial charge in [0.15, 0.2) is 5.82 Å². The fraction of sp³-hybridized carbons (Fsp3) is 0.278. The second kappa shape index (κ2) is 6.61. The minimum absolute atomic E-state index is 0.417. The fourth-order valence-corrected chi connectivity index (χ4v) is 2.81. The Morgan fingerprint density at radius 1 is 1.17 bits per heavy atom. The summed E-state index contributed by atoms with van der Waals surface area (Å²) >= 11 is 6.17. The van der Waals surface area contributed by atoms with E-state index in [4.69, 9.17) is 11.6 Å². The van der Waals surface area contributed by atoms with Crippen molar-refractivity contribution in [3.63, 3.8) is 0 Å². The number of benzene rings is 2. The van der Waals surface area contributed by atoms with E-state index >= 15 is 0 Å². The zero-order valence-electron chi connectivity index (χ0n) is 14.0. The number of para-hydroxylation sites is 1. The summed E-state index contributed by atoms with van der Waals surface area (Å²) in [6.07, 6.45) is 0.821. The SMILES string of the molecule is CC[C@@](C)(Nc1ccccc1)c1nnnn1-c1cc(Cl)ccc1C. The van der Waals surface area contributed by atoms with Crippen molar-refractivity contribution in [1.29, 1.82) is 0 Å². The highest BCUT2D eigenvalue weighted by Gasteiger charge is 2.31. The van der Waals surface area contributed by atoms with E-state index in [1.54, 1.807) is 4.68 Å². The second-order valence-electron chi connectivity index (χ2n) is 6.02. The van der Waals surface area contributed by atoms with E-state index in [9.17, 15) is 0 Å². The molecule has 0 amide bonds.